The van der Waals surface area contributed by atoms with Crippen LogP contribution in [0.1, 0.15) is 17.3 Å². The fourth-order valence-corrected chi connectivity index (χ4v) is 1.60. The molecule has 3 amide bonds. The molecule has 1 unspecified atom stereocenters. The van der Waals surface area contributed by atoms with Crippen LogP contribution in [0.2, 0.25) is 0 Å². The van der Waals surface area contributed by atoms with Crippen molar-refractivity contribution in [2.24, 2.45) is 0 Å². The number of benzene rings is 1. The third-order valence-electron chi connectivity index (χ3n) is 2.74. The van der Waals surface area contributed by atoms with Gasteiger partial charge in [-0.3, -0.25) is 10.1 Å². The van der Waals surface area contributed by atoms with Gasteiger partial charge in [-0.25, -0.2) is 9.59 Å². The first-order valence-corrected chi connectivity index (χ1v) is 6.39. The summed E-state index contributed by atoms with van der Waals surface area (Å²) in [7, 11) is 4.18. The zero-order chi connectivity index (χ0) is 16.7. The highest BCUT2D eigenvalue weighted by molar-refractivity contribution is 5.99. The topological polar surface area (TPSA) is 103 Å². The summed E-state index contributed by atoms with van der Waals surface area (Å²) in [6.07, 6.45) is -1.15. The summed E-state index contributed by atoms with van der Waals surface area (Å²) >= 11 is 0. The van der Waals surface area contributed by atoms with E-state index in [1.165, 1.54) is 34.3 Å². The maximum atomic E-state index is 12.1. The SMILES string of the molecule is CNC(=O)NC(=O)C(C)OC(=O)c1cccc(OC)c1OC. The van der Waals surface area contributed by atoms with Crippen molar-refractivity contribution in [1.29, 1.82) is 0 Å². The van der Waals surface area contributed by atoms with E-state index in [9.17, 15) is 14.4 Å². The molecule has 0 bridgehead atoms. The van der Waals surface area contributed by atoms with Crippen molar-refractivity contribution in [3.05, 3.63) is 23.8 Å². The average Bonchev–Trinajstić information content (AvgIpc) is 2.53. The molecular weight excluding hydrogens is 292 g/mol. The van der Waals surface area contributed by atoms with Gasteiger partial charge in [0.1, 0.15) is 5.56 Å². The summed E-state index contributed by atoms with van der Waals surface area (Å²) in [4.78, 5) is 34.8. The maximum Gasteiger partial charge on any atom is 0.342 e. The van der Waals surface area contributed by atoms with E-state index in [1.807, 2.05) is 5.32 Å². The smallest absolute Gasteiger partial charge is 0.342 e. The molecule has 1 aromatic carbocycles. The minimum atomic E-state index is -1.15. The molecule has 120 valence electrons. The standard InChI is InChI=1S/C14H18N2O6/c1-8(12(17)16-14(19)15-2)22-13(18)9-6-5-7-10(20-3)11(9)21-4/h5-8H,1-4H3,(H2,15,16,17,19). The number of urea groups is 1. The Hall–Kier alpha value is -2.77. The molecule has 8 nitrogen and oxygen atoms in total. The third kappa shape index (κ3) is 4.11. The van der Waals surface area contributed by atoms with Gasteiger partial charge in [0.05, 0.1) is 14.2 Å². The maximum absolute atomic E-state index is 12.1. The van der Waals surface area contributed by atoms with Crippen molar-refractivity contribution in [1.82, 2.24) is 10.6 Å². The number of hydrogen-bond donors (Lipinski definition) is 2. The van der Waals surface area contributed by atoms with E-state index < -0.39 is 24.0 Å². The number of methoxy groups -OCH3 is 2. The third-order valence-corrected chi connectivity index (χ3v) is 2.74. The first-order chi connectivity index (χ1) is 10.4. The number of para-hydroxylation sites is 1. The Balaban J connectivity index is 2.85. The molecule has 22 heavy (non-hydrogen) atoms. The number of carbonyl (C=O) groups is 3. The molecule has 0 aliphatic carbocycles. The zero-order valence-corrected chi connectivity index (χ0v) is 12.8. The normalized spacial score (nSPS) is 11.1. The van der Waals surface area contributed by atoms with Gasteiger partial charge in [-0.2, -0.15) is 0 Å². The van der Waals surface area contributed by atoms with E-state index in [2.05, 4.69) is 5.32 Å². The highest BCUT2D eigenvalue weighted by Gasteiger charge is 2.23. The monoisotopic (exact) mass is 310 g/mol. The highest BCUT2D eigenvalue weighted by Crippen LogP contribution is 2.31. The van der Waals surface area contributed by atoms with Crippen LogP contribution in [0.3, 0.4) is 0 Å². The number of ether oxygens (including phenoxy) is 3. The van der Waals surface area contributed by atoms with Crippen LogP contribution in [0.25, 0.3) is 0 Å². The Morgan fingerprint density at radius 1 is 1.14 bits per heavy atom. The molecule has 1 atom stereocenters. The lowest BCUT2D eigenvalue weighted by Gasteiger charge is -2.15. The molecule has 0 saturated carbocycles. The van der Waals surface area contributed by atoms with Gasteiger partial charge in [-0.15, -0.1) is 0 Å². The van der Waals surface area contributed by atoms with E-state index in [0.29, 0.717) is 5.75 Å². The van der Waals surface area contributed by atoms with Crippen LogP contribution >= 0.6 is 0 Å². The van der Waals surface area contributed by atoms with Crippen LogP contribution in [0.4, 0.5) is 4.79 Å². The summed E-state index contributed by atoms with van der Waals surface area (Å²) < 4.78 is 15.2. The quantitative estimate of drug-likeness (QED) is 0.776. The number of imide groups is 1. The van der Waals surface area contributed by atoms with E-state index in [1.54, 1.807) is 12.1 Å². The Kier molecular flexibility index (Phi) is 6.18. The second-order valence-electron chi connectivity index (χ2n) is 4.16. The van der Waals surface area contributed by atoms with Crippen molar-refractivity contribution in [3.8, 4) is 11.5 Å². The molecule has 1 aromatic rings. The predicted octanol–water partition coefficient (Wildman–Crippen LogP) is 0.705. The lowest BCUT2D eigenvalue weighted by molar-refractivity contribution is -0.127. The summed E-state index contributed by atoms with van der Waals surface area (Å²) in [5.74, 6) is -0.946. The molecule has 1 rings (SSSR count). The van der Waals surface area contributed by atoms with Gasteiger partial charge in [0.2, 0.25) is 0 Å². The van der Waals surface area contributed by atoms with Crippen molar-refractivity contribution in [2.45, 2.75) is 13.0 Å². The first kappa shape index (κ1) is 17.3. The summed E-state index contributed by atoms with van der Waals surface area (Å²) in [6, 6.07) is 4.00. The summed E-state index contributed by atoms with van der Waals surface area (Å²) in [5, 5.41) is 4.24. The number of rotatable bonds is 5. The lowest BCUT2D eigenvalue weighted by atomic mass is 10.2. The van der Waals surface area contributed by atoms with Crippen molar-refractivity contribution < 1.29 is 28.6 Å². The zero-order valence-electron chi connectivity index (χ0n) is 12.8. The molecular formula is C14H18N2O6. The summed E-state index contributed by atoms with van der Waals surface area (Å²) in [5.41, 5.74) is 0.112. The van der Waals surface area contributed by atoms with E-state index >= 15 is 0 Å². The summed E-state index contributed by atoms with van der Waals surface area (Å²) in [6.45, 7) is 1.35. The minimum Gasteiger partial charge on any atom is -0.493 e. The largest absolute Gasteiger partial charge is 0.493 e. The van der Waals surface area contributed by atoms with Gasteiger partial charge >= 0.3 is 12.0 Å². The molecule has 0 aromatic heterocycles. The lowest BCUT2D eigenvalue weighted by Crippen LogP contribution is -2.43. The highest BCUT2D eigenvalue weighted by atomic mass is 16.6. The van der Waals surface area contributed by atoms with E-state index in [4.69, 9.17) is 14.2 Å². The minimum absolute atomic E-state index is 0.112. The van der Waals surface area contributed by atoms with Crippen LogP contribution in [-0.4, -0.2) is 45.3 Å². The second kappa shape index (κ2) is 7.87. The Labute approximate surface area is 127 Å². The predicted molar refractivity (Wildman–Crippen MR) is 77.0 cm³/mol. The Morgan fingerprint density at radius 3 is 2.36 bits per heavy atom. The van der Waals surface area contributed by atoms with Gasteiger partial charge in [-0.05, 0) is 19.1 Å². The van der Waals surface area contributed by atoms with Gasteiger partial charge in [0.25, 0.3) is 5.91 Å². The fourth-order valence-electron chi connectivity index (χ4n) is 1.60. The van der Waals surface area contributed by atoms with Crippen molar-refractivity contribution >= 4 is 17.9 Å². The molecule has 0 spiro atoms. The van der Waals surface area contributed by atoms with Crippen LogP contribution in [0.15, 0.2) is 18.2 Å². The van der Waals surface area contributed by atoms with Crippen LogP contribution in [-0.2, 0) is 9.53 Å². The van der Waals surface area contributed by atoms with E-state index in [0.717, 1.165) is 0 Å². The first-order valence-electron chi connectivity index (χ1n) is 6.39. The molecule has 8 heteroatoms. The van der Waals surface area contributed by atoms with Crippen LogP contribution < -0.4 is 20.1 Å². The molecule has 0 radical (unpaired) electrons. The molecule has 2 N–H and O–H groups in total. The van der Waals surface area contributed by atoms with Crippen molar-refractivity contribution in [3.63, 3.8) is 0 Å². The van der Waals surface area contributed by atoms with E-state index in [-0.39, 0.29) is 11.3 Å². The van der Waals surface area contributed by atoms with Gasteiger partial charge in [-0.1, -0.05) is 6.07 Å². The van der Waals surface area contributed by atoms with Crippen LogP contribution in [0, 0.1) is 0 Å². The van der Waals surface area contributed by atoms with Crippen molar-refractivity contribution in [2.75, 3.05) is 21.3 Å². The number of esters is 1. The Bertz CT molecular complexity index is 572. The Morgan fingerprint density at radius 2 is 1.82 bits per heavy atom. The number of amides is 3. The number of nitrogens with one attached hydrogen (secondary N) is 2. The molecule has 0 fully saturated rings. The number of carbonyl (C=O) groups excluding carboxylic acids is 3. The molecule has 0 heterocycles. The molecule has 0 saturated heterocycles. The second-order valence-corrected chi connectivity index (χ2v) is 4.16. The fraction of sp³-hybridized carbons (Fsp3) is 0.357. The van der Waals surface area contributed by atoms with Gasteiger partial charge < -0.3 is 19.5 Å². The number of hydrogen-bond acceptors (Lipinski definition) is 6. The van der Waals surface area contributed by atoms with Gasteiger partial charge in [0.15, 0.2) is 17.6 Å². The molecule has 0 aliphatic rings. The molecule has 0 aliphatic heterocycles. The van der Waals surface area contributed by atoms with Crippen LogP contribution in [0.5, 0.6) is 11.5 Å². The average molecular weight is 310 g/mol. The van der Waals surface area contributed by atoms with Gasteiger partial charge in [0, 0.05) is 7.05 Å².